The Labute approximate surface area is 114 Å². The summed E-state index contributed by atoms with van der Waals surface area (Å²) < 4.78 is 5.36. The molecule has 0 unspecified atom stereocenters. The smallest absolute Gasteiger partial charge is 0.258 e. The van der Waals surface area contributed by atoms with Gasteiger partial charge in [-0.15, -0.1) is 11.3 Å². The average molecular weight is 269 g/mol. The lowest BCUT2D eigenvalue weighted by Crippen LogP contribution is -1.99. The maximum absolute atomic E-state index is 5.36. The van der Waals surface area contributed by atoms with Crippen LogP contribution >= 0.6 is 11.3 Å². The van der Waals surface area contributed by atoms with E-state index < -0.39 is 0 Å². The van der Waals surface area contributed by atoms with Crippen molar-refractivity contribution < 1.29 is 4.52 Å². The Hall–Kier alpha value is -1.98. The summed E-state index contributed by atoms with van der Waals surface area (Å²) in [6.45, 7) is 1.86. The molecular weight excluding hydrogens is 258 g/mol. The van der Waals surface area contributed by atoms with Crippen molar-refractivity contribution in [1.29, 1.82) is 0 Å². The van der Waals surface area contributed by atoms with Gasteiger partial charge in [0.05, 0.1) is 4.88 Å². The third kappa shape index (κ3) is 1.87. The molecule has 5 heteroatoms. The van der Waals surface area contributed by atoms with Gasteiger partial charge in [-0.1, -0.05) is 17.3 Å². The van der Waals surface area contributed by atoms with Gasteiger partial charge in [-0.2, -0.15) is 4.98 Å². The van der Waals surface area contributed by atoms with Gasteiger partial charge in [0.1, 0.15) is 0 Å². The quantitative estimate of drug-likeness (QED) is 0.776. The Morgan fingerprint density at radius 2 is 2.11 bits per heavy atom. The van der Waals surface area contributed by atoms with Gasteiger partial charge < -0.3 is 9.84 Å². The first-order valence-corrected chi connectivity index (χ1v) is 6.98. The minimum absolute atomic E-state index is 0.582. The lowest BCUT2D eigenvalue weighted by atomic mass is 10.1. The monoisotopic (exact) mass is 269 g/mol. The largest absolute Gasteiger partial charge is 0.334 e. The number of fused-ring (bicyclic) bond motifs is 1. The standard InChI is InChI=1S/C14H11N3OS/c1-2-12(19-5-1)13-16-14(18-17-13)9-3-4-10-7-15-8-11(10)6-9/h1-6,15H,7-8H2. The molecular formula is C14H11N3OS. The average Bonchev–Trinajstić information content (AvgIpc) is 3.18. The van der Waals surface area contributed by atoms with Crippen LogP contribution in [0.5, 0.6) is 0 Å². The molecule has 1 aliphatic rings. The Morgan fingerprint density at radius 3 is 3.00 bits per heavy atom. The Morgan fingerprint density at radius 1 is 1.16 bits per heavy atom. The number of nitrogens with zero attached hydrogens (tertiary/aromatic N) is 2. The van der Waals surface area contributed by atoms with E-state index in [4.69, 9.17) is 4.52 Å². The minimum atomic E-state index is 0.582. The van der Waals surface area contributed by atoms with E-state index in [1.165, 1.54) is 11.1 Å². The molecule has 0 bridgehead atoms. The molecule has 0 amide bonds. The number of hydrogen-bond donors (Lipinski definition) is 1. The molecule has 4 rings (SSSR count). The van der Waals surface area contributed by atoms with Crippen LogP contribution in [0.3, 0.4) is 0 Å². The van der Waals surface area contributed by atoms with Crippen molar-refractivity contribution in [2.45, 2.75) is 13.1 Å². The lowest BCUT2D eigenvalue weighted by Gasteiger charge is -1.99. The molecule has 0 saturated carbocycles. The van der Waals surface area contributed by atoms with Crippen LogP contribution in [0.2, 0.25) is 0 Å². The van der Waals surface area contributed by atoms with Crippen molar-refractivity contribution >= 4 is 11.3 Å². The zero-order valence-electron chi connectivity index (χ0n) is 10.1. The highest BCUT2D eigenvalue weighted by Gasteiger charge is 2.15. The van der Waals surface area contributed by atoms with E-state index in [0.29, 0.717) is 11.7 Å². The second kappa shape index (κ2) is 4.29. The maximum Gasteiger partial charge on any atom is 0.258 e. The van der Waals surface area contributed by atoms with Crippen LogP contribution in [0.15, 0.2) is 40.2 Å². The molecule has 3 aromatic rings. The molecule has 0 aliphatic carbocycles. The van der Waals surface area contributed by atoms with Crippen LogP contribution in [-0.4, -0.2) is 10.1 Å². The SMILES string of the molecule is c1csc(-c2noc(-c3ccc4c(c3)CNC4)n2)c1. The maximum atomic E-state index is 5.36. The van der Waals surface area contributed by atoms with Gasteiger partial charge >= 0.3 is 0 Å². The van der Waals surface area contributed by atoms with E-state index in [-0.39, 0.29) is 0 Å². The van der Waals surface area contributed by atoms with E-state index in [9.17, 15) is 0 Å². The third-order valence-corrected chi connectivity index (χ3v) is 4.12. The molecule has 1 aromatic carbocycles. The van der Waals surface area contributed by atoms with E-state index >= 15 is 0 Å². The van der Waals surface area contributed by atoms with Crippen LogP contribution in [0.4, 0.5) is 0 Å². The second-order valence-electron chi connectivity index (χ2n) is 4.49. The number of rotatable bonds is 2. The normalized spacial score (nSPS) is 13.7. The lowest BCUT2D eigenvalue weighted by molar-refractivity contribution is 0.432. The minimum Gasteiger partial charge on any atom is -0.334 e. The molecule has 0 atom stereocenters. The topological polar surface area (TPSA) is 51.0 Å². The Kier molecular flexibility index (Phi) is 2.46. The van der Waals surface area contributed by atoms with Gasteiger partial charge in [0, 0.05) is 18.7 Å². The van der Waals surface area contributed by atoms with E-state index in [1.54, 1.807) is 11.3 Å². The summed E-state index contributed by atoms with van der Waals surface area (Å²) in [6.07, 6.45) is 0. The van der Waals surface area contributed by atoms with Crippen molar-refractivity contribution in [2.24, 2.45) is 0 Å². The highest BCUT2D eigenvalue weighted by molar-refractivity contribution is 7.13. The Bertz CT molecular complexity index is 718. The second-order valence-corrected chi connectivity index (χ2v) is 5.44. The Balaban J connectivity index is 1.73. The molecule has 3 heterocycles. The third-order valence-electron chi connectivity index (χ3n) is 3.25. The summed E-state index contributed by atoms with van der Waals surface area (Å²) in [5.74, 6) is 1.24. The summed E-state index contributed by atoms with van der Waals surface area (Å²) in [6, 6.07) is 10.3. The number of aromatic nitrogens is 2. The van der Waals surface area contributed by atoms with Gasteiger partial charge in [0.2, 0.25) is 5.82 Å². The summed E-state index contributed by atoms with van der Waals surface area (Å²) in [4.78, 5) is 5.49. The fraction of sp³-hybridized carbons (Fsp3) is 0.143. The molecule has 0 radical (unpaired) electrons. The zero-order chi connectivity index (χ0) is 12.7. The predicted octanol–water partition coefficient (Wildman–Crippen LogP) is 3.07. The van der Waals surface area contributed by atoms with E-state index in [0.717, 1.165) is 23.5 Å². The first-order chi connectivity index (χ1) is 9.40. The van der Waals surface area contributed by atoms with Crippen LogP contribution in [0.1, 0.15) is 11.1 Å². The summed E-state index contributed by atoms with van der Waals surface area (Å²) in [5.41, 5.74) is 3.65. The fourth-order valence-corrected chi connectivity index (χ4v) is 2.92. The highest BCUT2D eigenvalue weighted by Crippen LogP contribution is 2.27. The van der Waals surface area contributed by atoms with Gasteiger partial charge in [-0.3, -0.25) is 0 Å². The first kappa shape index (κ1) is 10.9. The van der Waals surface area contributed by atoms with Gasteiger partial charge in [0.25, 0.3) is 5.89 Å². The molecule has 1 aliphatic heterocycles. The summed E-state index contributed by atoms with van der Waals surface area (Å²) in [7, 11) is 0. The molecule has 0 saturated heterocycles. The van der Waals surface area contributed by atoms with Crippen molar-refractivity contribution in [1.82, 2.24) is 15.5 Å². The molecule has 4 nitrogen and oxygen atoms in total. The van der Waals surface area contributed by atoms with E-state index in [2.05, 4.69) is 27.6 Å². The van der Waals surface area contributed by atoms with Crippen LogP contribution in [0.25, 0.3) is 22.2 Å². The predicted molar refractivity (Wildman–Crippen MR) is 73.6 cm³/mol. The molecule has 94 valence electrons. The first-order valence-electron chi connectivity index (χ1n) is 6.10. The molecule has 0 fully saturated rings. The van der Waals surface area contributed by atoms with E-state index in [1.807, 2.05) is 23.6 Å². The van der Waals surface area contributed by atoms with Crippen molar-refractivity contribution in [2.75, 3.05) is 0 Å². The summed E-state index contributed by atoms with van der Waals surface area (Å²) >= 11 is 1.61. The van der Waals surface area contributed by atoms with Gasteiger partial charge in [0.15, 0.2) is 0 Å². The van der Waals surface area contributed by atoms with Gasteiger partial charge in [-0.25, -0.2) is 0 Å². The molecule has 1 N–H and O–H groups in total. The number of nitrogens with one attached hydrogen (secondary N) is 1. The molecule has 2 aromatic heterocycles. The zero-order valence-corrected chi connectivity index (χ0v) is 10.9. The fourth-order valence-electron chi connectivity index (χ4n) is 2.27. The highest BCUT2D eigenvalue weighted by atomic mass is 32.1. The van der Waals surface area contributed by atoms with Crippen LogP contribution in [-0.2, 0) is 13.1 Å². The molecule has 19 heavy (non-hydrogen) atoms. The number of thiophene rings is 1. The van der Waals surface area contributed by atoms with Crippen molar-refractivity contribution in [3.8, 4) is 22.2 Å². The van der Waals surface area contributed by atoms with Crippen LogP contribution in [0, 0.1) is 0 Å². The molecule has 0 spiro atoms. The van der Waals surface area contributed by atoms with Crippen molar-refractivity contribution in [3.05, 3.63) is 46.8 Å². The number of hydrogen-bond acceptors (Lipinski definition) is 5. The van der Waals surface area contributed by atoms with Crippen LogP contribution < -0.4 is 5.32 Å². The van der Waals surface area contributed by atoms with Crippen molar-refractivity contribution in [3.63, 3.8) is 0 Å². The summed E-state index contributed by atoms with van der Waals surface area (Å²) in [5, 5.41) is 9.37. The van der Waals surface area contributed by atoms with Gasteiger partial charge in [-0.05, 0) is 34.7 Å². The number of benzene rings is 1.